The van der Waals surface area contributed by atoms with E-state index in [1.54, 1.807) is 12.4 Å². The van der Waals surface area contributed by atoms with Gasteiger partial charge in [0.05, 0.1) is 11.4 Å². The summed E-state index contributed by atoms with van der Waals surface area (Å²) in [4.78, 5) is 19.8. The number of aromatic nitrogens is 2. The molecule has 0 saturated carbocycles. The highest BCUT2D eigenvalue weighted by Gasteiger charge is 2.11. The first-order valence-electron chi connectivity index (χ1n) is 7.19. The summed E-state index contributed by atoms with van der Waals surface area (Å²) in [6.45, 7) is 2.03. The van der Waals surface area contributed by atoms with E-state index in [1.807, 2.05) is 49.4 Å². The maximum Gasteiger partial charge on any atom is 0.124 e. The topological polar surface area (TPSA) is 42.9 Å². The van der Waals surface area contributed by atoms with Crippen LogP contribution in [0.3, 0.4) is 0 Å². The zero-order valence-electron chi connectivity index (χ0n) is 12.4. The molecule has 0 aliphatic heterocycles. The summed E-state index contributed by atoms with van der Waals surface area (Å²) in [6.07, 6.45) is 4.88. The van der Waals surface area contributed by atoms with Gasteiger partial charge in [-0.05, 0) is 54.4 Å². The molecule has 0 amide bonds. The fraction of sp³-hybridized carbons (Fsp3) is 0.105. The standard InChI is InChI=1S/C19H16N2O/c1-14-15(8-11-22)12-16(18-6-2-4-9-20-18)13-17(14)19-7-3-5-10-21-19/h2-7,9-13H,8H2,1H3. The summed E-state index contributed by atoms with van der Waals surface area (Å²) in [5.74, 6) is 0. The van der Waals surface area contributed by atoms with Crippen LogP contribution in [0.5, 0.6) is 0 Å². The van der Waals surface area contributed by atoms with Crippen LogP contribution in [-0.2, 0) is 11.2 Å². The van der Waals surface area contributed by atoms with Gasteiger partial charge in [0, 0.05) is 29.9 Å². The molecule has 3 nitrogen and oxygen atoms in total. The van der Waals surface area contributed by atoms with Crippen molar-refractivity contribution in [2.24, 2.45) is 0 Å². The first kappa shape index (κ1) is 14.1. The van der Waals surface area contributed by atoms with Crippen LogP contribution < -0.4 is 0 Å². The van der Waals surface area contributed by atoms with E-state index in [4.69, 9.17) is 0 Å². The van der Waals surface area contributed by atoms with Gasteiger partial charge in [-0.1, -0.05) is 12.1 Å². The number of hydrogen-bond acceptors (Lipinski definition) is 3. The molecule has 0 radical (unpaired) electrons. The molecule has 0 aliphatic rings. The molecule has 3 aromatic rings. The van der Waals surface area contributed by atoms with E-state index >= 15 is 0 Å². The maximum atomic E-state index is 11.0. The molecule has 3 rings (SSSR count). The van der Waals surface area contributed by atoms with Crippen molar-refractivity contribution in [3.05, 3.63) is 72.1 Å². The molecule has 0 fully saturated rings. The largest absolute Gasteiger partial charge is 0.303 e. The van der Waals surface area contributed by atoms with E-state index in [0.717, 1.165) is 39.9 Å². The Bertz CT molecular complexity index is 783. The quantitative estimate of drug-likeness (QED) is 0.685. The monoisotopic (exact) mass is 288 g/mol. The molecule has 0 saturated heterocycles. The second kappa shape index (κ2) is 6.31. The van der Waals surface area contributed by atoms with Crippen molar-refractivity contribution in [2.75, 3.05) is 0 Å². The molecule has 0 atom stereocenters. The molecule has 0 spiro atoms. The lowest BCUT2D eigenvalue weighted by molar-refractivity contribution is -0.107. The van der Waals surface area contributed by atoms with Crippen LogP contribution in [-0.4, -0.2) is 16.3 Å². The molecule has 1 aromatic carbocycles. The number of pyridine rings is 2. The normalized spacial score (nSPS) is 10.4. The Morgan fingerprint density at radius 2 is 1.64 bits per heavy atom. The number of carbonyl (C=O) groups is 1. The van der Waals surface area contributed by atoms with Crippen LogP contribution in [0.15, 0.2) is 60.9 Å². The molecular weight excluding hydrogens is 272 g/mol. The van der Waals surface area contributed by atoms with E-state index < -0.39 is 0 Å². The number of carbonyl (C=O) groups excluding carboxylic acids is 1. The van der Waals surface area contributed by atoms with Crippen LogP contribution >= 0.6 is 0 Å². The zero-order valence-corrected chi connectivity index (χ0v) is 12.4. The summed E-state index contributed by atoms with van der Waals surface area (Å²) in [5, 5.41) is 0. The van der Waals surface area contributed by atoms with E-state index in [-0.39, 0.29) is 0 Å². The van der Waals surface area contributed by atoms with Gasteiger partial charge in [0.15, 0.2) is 0 Å². The van der Waals surface area contributed by atoms with Crippen LogP contribution in [0, 0.1) is 6.92 Å². The van der Waals surface area contributed by atoms with Gasteiger partial charge in [-0.2, -0.15) is 0 Å². The minimum atomic E-state index is 0.395. The van der Waals surface area contributed by atoms with E-state index in [2.05, 4.69) is 16.0 Å². The van der Waals surface area contributed by atoms with Gasteiger partial charge in [-0.3, -0.25) is 9.97 Å². The number of rotatable bonds is 4. The van der Waals surface area contributed by atoms with Crippen molar-refractivity contribution in [1.29, 1.82) is 0 Å². The van der Waals surface area contributed by atoms with Gasteiger partial charge < -0.3 is 4.79 Å². The van der Waals surface area contributed by atoms with Crippen molar-refractivity contribution >= 4 is 6.29 Å². The van der Waals surface area contributed by atoms with Crippen LogP contribution in [0.1, 0.15) is 11.1 Å². The van der Waals surface area contributed by atoms with Crippen LogP contribution in [0.4, 0.5) is 0 Å². The van der Waals surface area contributed by atoms with Gasteiger partial charge in [-0.25, -0.2) is 0 Å². The first-order chi connectivity index (χ1) is 10.8. The summed E-state index contributed by atoms with van der Waals surface area (Å²) in [7, 11) is 0. The third-order valence-corrected chi connectivity index (χ3v) is 3.72. The Morgan fingerprint density at radius 3 is 2.23 bits per heavy atom. The first-order valence-corrected chi connectivity index (χ1v) is 7.19. The van der Waals surface area contributed by atoms with Crippen LogP contribution in [0.25, 0.3) is 22.5 Å². The average molecular weight is 288 g/mol. The molecule has 3 heteroatoms. The minimum absolute atomic E-state index is 0.395. The lowest BCUT2D eigenvalue weighted by atomic mass is 9.93. The van der Waals surface area contributed by atoms with Crippen molar-refractivity contribution in [3.8, 4) is 22.5 Å². The highest BCUT2D eigenvalue weighted by molar-refractivity contribution is 5.75. The summed E-state index contributed by atoms with van der Waals surface area (Å²) < 4.78 is 0. The smallest absolute Gasteiger partial charge is 0.124 e. The fourth-order valence-corrected chi connectivity index (χ4v) is 2.55. The Morgan fingerprint density at radius 1 is 0.955 bits per heavy atom. The lowest BCUT2D eigenvalue weighted by Gasteiger charge is -2.13. The minimum Gasteiger partial charge on any atom is -0.303 e. The van der Waals surface area contributed by atoms with Gasteiger partial charge in [0.1, 0.15) is 6.29 Å². The molecule has 108 valence electrons. The predicted molar refractivity (Wildman–Crippen MR) is 87.4 cm³/mol. The number of hydrogen-bond donors (Lipinski definition) is 0. The van der Waals surface area contributed by atoms with Crippen LogP contribution in [0.2, 0.25) is 0 Å². The second-order valence-corrected chi connectivity index (χ2v) is 5.11. The molecular formula is C19H16N2O. The summed E-state index contributed by atoms with van der Waals surface area (Å²) in [6, 6.07) is 15.8. The Labute approximate surface area is 129 Å². The summed E-state index contributed by atoms with van der Waals surface area (Å²) >= 11 is 0. The Balaban J connectivity index is 2.21. The molecule has 2 aromatic heterocycles. The van der Waals surface area contributed by atoms with Gasteiger partial charge in [-0.15, -0.1) is 0 Å². The third kappa shape index (κ3) is 2.79. The van der Waals surface area contributed by atoms with Crippen molar-refractivity contribution in [1.82, 2.24) is 9.97 Å². The lowest BCUT2D eigenvalue weighted by Crippen LogP contribution is -1.97. The maximum absolute atomic E-state index is 11.0. The number of nitrogens with zero attached hydrogens (tertiary/aromatic N) is 2. The molecule has 0 bridgehead atoms. The number of aldehydes is 1. The highest BCUT2D eigenvalue weighted by Crippen LogP contribution is 2.30. The van der Waals surface area contributed by atoms with Gasteiger partial charge in [0.2, 0.25) is 0 Å². The molecule has 22 heavy (non-hydrogen) atoms. The summed E-state index contributed by atoms with van der Waals surface area (Å²) in [5.41, 5.74) is 5.95. The highest BCUT2D eigenvalue weighted by atomic mass is 16.1. The average Bonchev–Trinajstić information content (AvgIpc) is 2.58. The Hall–Kier alpha value is -2.81. The van der Waals surface area contributed by atoms with Crippen molar-refractivity contribution < 1.29 is 4.79 Å². The Kier molecular flexibility index (Phi) is 4.05. The molecule has 0 unspecified atom stereocenters. The number of benzene rings is 1. The zero-order chi connectivity index (χ0) is 15.4. The van der Waals surface area contributed by atoms with E-state index in [9.17, 15) is 4.79 Å². The van der Waals surface area contributed by atoms with Gasteiger partial charge in [0.25, 0.3) is 0 Å². The van der Waals surface area contributed by atoms with E-state index in [1.165, 1.54) is 0 Å². The van der Waals surface area contributed by atoms with E-state index in [0.29, 0.717) is 6.42 Å². The second-order valence-electron chi connectivity index (χ2n) is 5.11. The third-order valence-electron chi connectivity index (χ3n) is 3.72. The molecule has 0 N–H and O–H groups in total. The fourth-order valence-electron chi connectivity index (χ4n) is 2.55. The van der Waals surface area contributed by atoms with Crippen molar-refractivity contribution in [2.45, 2.75) is 13.3 Å². The predicted octanol–water partition coefficient (Wildman–Crippen LogP) is 3.86. The molecule has 2 heterocycles. The van der Waals surface area contributed by atoms with Gasteiger partial charge >= 0.3 is 0 Å². The SMILES string of the molecule is Cc1c(CC=O)cc(-c2ccccn2)cc1-c1ccccn1. The molecule has 0 aliphatic carbocycles. The van der Waals surface area contributed by atoms with Crippen molar-refractivity contribution in [3.63, 3.8) is 0 Å².